The van der Waals surface area contributed by atoms with E-state index in [0.717, 1.165) is 0 Å². The molecule has 3 heterocycles. The van der Waals surface area contributed by atoms with Gasteiger partial charge in [0.2, 0.25) is 6.04 Å². The van der Waals surface area contributed by atoms with E-state index in [2.05, 4.69) is 115 Å². The third-order valence-electron chi connectivity index (χ3n) is 6.55. The van der Waals surface area contributed by atoms with Crippen molar-refractivity contribution in [2.75, 3.05) is 0 Å². The minimum absolute atomic E-state index is 0.195. The zero-order chi connectivity index (χ0) is 20.9. The van der Waals surface area contributed by atoms with Crippen molar-refractivity contribution >= 4 is 11.8 Å². The zero-order valence-electron chi connectivity index (χ0n) is 17.8. The number of rotatable bonds is 3. The number of nitrogens with zero attached hydrogens (tertiary/aromatic N) is 1. The van der Waals surface area contributed by atoms with Crippen molar-refractivity contribution in [1.29, 1.82) is 0 Å². The lowest BCUT2D eigenvalue weighted by Gasteiger charge is -2.14. The fourth-order valence-electron chi connectivity index (χ4n) is 5.33. The van der Waals surface area contributed by atoms with Crippen LogP contribution in [0.15, 0.2) is 91.1 Å². The second kappa shape index (κ2) is 6.95. The van der Waals surface area contributed by atoms with Gasteiger partial charge in [0.25, 0.3) is 0 Å². The molecule has 0 saturated heterocycles. The van der Waals surface area contributed by atoms with Crippen LogP contribution < -0.4 is 0 Å². The van der Waals surface area contributed by atoms with Gasteiger partial charge >= 0.3 is 0 Å². The van der Waals surface area contributed by atoms with Crippen LogP contribution in [-0.2, 0) is 0 Å². The van der Waals surface area contributed by atoms with Crippen LogP contribution in [0.4, 0.5) is 0 Å². The molecule has 2 nitrogen and oxygen atoms in total. The summed E-state index contributed by atoms with van der Waals surface area (Å²) in [6.07, 6.45) is 6.80. The summed E-state index contributed by atoms with van der Waals surface area (Å²) < 4.78 is 2.54. The predicted molar refractivity (Wildman–Crippen MR) is 127 cm³/mol. The standard InChI is InChI=1S/C29H25N2/c1-19-14-20(2)16-21(15-19)22-17-28-24-9-4-6-11-26(24)29(31(28)18-22)25-10-5-3-8-23(25)27-12-7-13-30-27/h3-18,28-30H,1-2H3/q+1/t28?,29-/m1/s1. The summed E-state index contributed by atoms with van der Waals surface area (Å²) >= 11 is 0. The zero-order valence-corrected chi connectivity index (χ0v) is 17.8. The third-order valence-corrected chi connectivity index (χ3v) is 6.55. The van der Waals surface area contributed by atoms with Gasteiger partial charge in [-0.1, -0.05) is 77.9 Å². The van der Waals surface area contributed by atoms with Crippen molar-refractivity contribution in [3.8, 4) is 11.3 Å². The molecular formula is C29H25N2+. The molecule has 1 N–H and O–H groups in total. The second-order valence-electron chi connectivity index (χ2n) is 8.72. The van der Waals surface area contributed by atoms with E-state index in [9.17, 15) is 0 Å². The van der Waals surface area contributed by atoms with Crippen LogP contribution in [-0.4, -0.2) is 15.8 Å². The first-order chi connectivity index (χ1) is 15.2. The van der Waals surface area contributed by atoms with E-state index in [4.69, 9.17) is 0 Å². The highest BCUT2D eigenvalue weighted by Gasteiger charge is 2.45. The summed E-state index contributed by atoms with van der Waals surface area (Å²) in [4.78, 5) is 3.41. The number of aromatic amines is 1. The Balaban J connectivity index is 1.53. The highest BCUT2D eigenvalue weighted by Crippen LogP contribution is 2.48. The lowest BCUT2D eigenvalue weighted by molar-refractivity contribution is -0.573. The quantitative estimate of drug-likeness (QED) is 0.372. The number of benzene rings is 3. The number of aryl methyl sites for hydroxylation is 2. The molecular weight excluding hydrogens is 376 g/mol. The van der Waals surface area contributed by atoms with Crippen LogP contribution in [0.2, 0.25) is 0 Å². The maximum Gasteiger partial charge on any atom is 0.205 e. The molecule has 0 bridgehead atoms. The normalized spacial score (nSPS) is 19.0. The van der Waals surface area contributed by atoms with E-state index in [0.29, 0.717) is 0 Å². The van der Waals surface area contributed by atoms with Crippen LogP contribution >= 0.6 is 0 Å². The van der Waals surface area contributed by atoms with Crippen LogP contribution in [0.3, 0.4) is 0 Å². The smallest absolute Gasteiger partial charge is 0.205 e. The first-order valence-electron chi connectivity index (χ1n) is 10.9. The molecule has 2 atom stereocenters. The average Bonchev–Trinajstić information content (AvgIpc) is 3.49. The maximum absolute atomic E-state index is 3.41. The van der Waals surface area contributed by atoms with Gasteiger partial charge in [0.1, 0.15) is 0 Å². The number of fused-ring (bicyclic) bond motifs is 3. The van der Waals surface area contributed by atoms with Crippen LogP contribution in [0.5, 0.6) is 0 Å². The summed E-state index contributed by atoms with van der Waals surface area (Å²) in [5, 5.41) is 0. The van der Waals surface area contributed by atoms with E-state index in [-0.39, 0.29) is 12.1 Å². The lowest BCUT2D eigenvalue weighted by atomic mass is 9.92. The third kappa shape index (κ3) is 2.90. The van der Waals surface area contributed by atoms with Gasteiger partial charge in [-0.15, -0.1) is 0 Å². The van der Waals surface area contributed by atoms with Gasteiger partial charge in [-0.05, 0) is 31.5 Å². The molecule has 6 rings (SSSR count). The topological polar surface area (TPSA) is 18.8 Å². The molecule has 0 amide bonds. The van der Waals surface area contributed by atoms with Crippen LogP contribution in [0.1, 0.15) is 45.5 Å². The lowest BCUT2D eigenvalue weighted by Crippen LogP contribution is -2.15. The molecule has 0 aliphatic carbocycles. The van der Waals surface area contributed by atoms with Crippen molar-refractivity contribution in [3.05, 3.63) is 125 Å². The highest BCUT2D eigenvalue weighted by atomic mass is 15.1. The molecule has 2 aliphatic rings. The predicted octanol–water partition coefficient (Wildman–Crippen LogP) is 6.62. The summed E-state index contributed by atoms with van der Waals surface area (Å²) in [7, 11) is 0. The van der Waals surface area contributed by atoms with Gasteiger partial charge in [-0.3, -0.25) is 0 Å². The number of allylic oxidation sites excluding steroid dienone is 1. The highest BCUT2D eigenvalue weighted by molar-refractivity contribution is 6.09. The molecule has 1 unspecified atom stereocenters. The monoisotopic (exact) mass is 401 g/mol. The molecule has 2 heteroatoms. The number of hydrogen-bond donors (Lipinski definition) is 1. The van der Waals surface area contributed by atoms with Gasteiger partial charge in [-0.2, -0.15) is 0 Å². The first-order valence-corrected chi connectivity index (χ1v) is 10.9. The van der Waals surface area contributed by atoms with Gasteiger partial charge in [0, 0.05) is 45.8 Å². The Morgan fingerprint density at radius 1 is 0.742 bits per heavy atom. The number of nitrogens with one attached hydrogen (secondary N) is 1. The van der Waals surface area contributed by atoms with Crippen molar-refractivity contribution in [2.24, 2.45) is 0 Å². The van der Waals surface area contributed by atoms with E-state index < -0.39 is 0 Å². The maximum atomic E-state index is 3.41. The summed E-state index contributed by atoms with van der Waals surface area (Å²) in [5.41, 5.74) is 11.8. The Bertz CT molecular complexity index is 1340. The molecule has 0 radical (unpaired) electrons. The molecule has 0 spiro atoms. The van der Waals surface area contributed by atoms with Gasteiger partial charge < -0.3 is 4.98 Å². The molecule has 3 aromatic carbocycles. The number of hydrogen-bond acceptors (Lipinski definition) is 0. The Kier molecular flexibility index (Phi) is 4.07. The van der Waals surface area contributed by atoms with Gasteiger partial charge in [0.15, 0.2) is 12.3 Å². The molecule has 31 heavy (non-hydrogen) atoms. The Hall–Kier alpha value is -3.65. The molecule has 4 aromatic rings. The van der Waals surface area contributed by atoms with E-state index in [1.165, 1.54) is 50.2 Å². The minimum Gasteiger partial charge on any atom is -0.361 e. The number of H-pyrrole nitrogens is 1. The molecule has 0 saturated carbocycles. The fourth-order valence-corrected chi connectivity index (χ4v) is 5.33. The summed E-state index contributed by atoms with van der Waals surface area (Å²) in [5.74, 6) is 0. The molecule has 150 valence electrons. The Morgan fingerprint density at radius 3 is 2.19 bits per heavy atom. The van der Waals surface area contributed by atoms with E-state index in [1.54, 1.807) is 0 Å². The molecule has 2 aliphatic heterocycles. The second-order valence-corrected chi connectivity index (χ2v) is 8.72. The average molecular weight is 402 g/mol. The van der Waals surface area contributed by atoms with Crippen molar-refractivity contribution in [2.45, 2.75) is 25.9 Å². The Labute approximate surface area is 183 Å². The van der Waals surface area contributed by atoms with Crippen LogP contribution in [0, 0.1) is 13.8 Å². The van der Waals surface area contributed by atoms with E-state index >= 15 is 0 Å². The van der Waals surface area contributed by atoms with Crippen molar-refractivity contribution in [3.63, 3.8) is 0 Å². The van der Waals surface area contributed by atoms with Crippen molar-refractivity contribution in [1.82, 2.24) is 4.98 Å². The largest absolute Gasteiger partial charge is 0.361 e. The number of aromatic nitrogens is 1. The summed E-state index contributed by atoms with van der Waals surface area (Å²) in [6, 6.07) is 29.2. The molecule has 1 aromatic heterocycles. The van der Waals surface area contributed by atoms with E-state index in [1.807, 2.05) is 6.20 Å². The van der Waals surface area contributed by atoms with Gasteiger partial charge in [-0.25, -0.2) is 4.58 Å². The SMILES string of the molecule is Cc1cc(C)cc(C2=CC3c4ccccc4[C@@H](c4ccccc4-c4ccc[nH]4)[N+]3=C2)c1. The van der Waals surface area contributed by atoms with Gasteiger partial charge in [0.05, 0.1) is 0 Å². The Morgan fingerprint density at radius 2 is 1.45 bits per heavy atom. The first kappa shape index (κ1) is 18.1. The summed E-state index contributed by atoms with van der Waals surface area (Å²) in [6.45, 7) is 4.36. The van der Waals surface area contributed by atoms with Crippen LogP contribution in [0.25, 0.3) is 16.8 Å². The van der Waals surface area contributed by atoms with Crippen molar-refractivity contribution < 1.29 is 4.58 Å². The molecule has 0 fully saturated rings. The fraction of sp³-hybridized carbons (Fsp3) is 0.138. The minimum atomic E-state index is 0.195.